The number of aliphatic hydroxyl groups is 1. The molecule has 2 nitrogen and oxygen atoms in total. The van der Waals surface area contributed by atoms with Gasteiger partial charge in [0.1, 0.15) is 5.82 Å². The van der Waals surface area contributed by atoms with Gasteiger partial charge in [0.2, 0.25) is 0 Å². The van der Waals surface area contributed by atoms with E-state index < -0.39 is 0 Å². The Bertz CT molecular complexity index is 299. The van der Waals surface area contributed by atoms with Crippen LogP contribution >= 0.6 is 11.6 Å². The number of nitrogens with one attached hydrogen (secondary N) is 1. The van der Waals surface area contributed by atoms with Gasteiger partial charge in [0, 0.05) is 18.1 Å². The maximum Gasteiger partial charge on any atom is 0.125 e. The Morgan fingerprint density at radius 2 is 2.20 bits per heavy atom. The van der Waals surface area contributed by atoms with Crippen LogP contribution < -0.4 is 5.32 Å². The van der Waals surface area contributed by atoms with Gasteiger partial charge in [-0.2, -0.15) is 0 Å². The minimum absolute atomic E-state index is 0.338. The van der Waals surface area contributed by atoms with Crippen molar-refractivity contribution in [3.63, 3.8) is 0 Å². The van der Waals surface area contributed by atoms with E-state index in [1.807, 2.05) is 6.92 Å². The fraction of sp³-hybridized carbons (Fsp3) is 0.455. The van der Waals surface area contributed by atoms with Gasteiger partial charge in [-0.05, 0) is 30.2 Å². The Morgan fingerprint density at radius 1 is 1.47 bits per heavy atom. The van der Waals surface area contributed by atoms with Gasteiger partial charge >= 0.3 is 0 Å². The zero-order chi connectivity index (χ0) is 11.3. The quantitative estimate of drug-likeness (QED) is 0.815. The molecule has 15 heavy (non-hydrogen) atoms. The third-order valence-corrected chi connectivity index (χ3v) is 2.32. The normalized spacial score (nSPS) is 12.8. The third-order valence-electron chi connectivity index (χ3n) is 2.10. The number of benzene rings is 1. The fourth-order valence-corrected chi connectivity index (χ4v) is 1.48. The highest BCUT2D eigenvalue weighted by atomic mass is 35.5. The van der Waals surface area contributed by atoms with Crippen molar-refractivity contribution in [2.45, 2.75) is 26.0 Å². The van der Waals surface area contributed by atoms with E-state index in [4.69, 9.17) is 11.6 Å². The molecule has 1 atom stereocenters. The molecular formula is C11H15ClFNO. The maximum absolute atomic E-state index is 12.9. The highest BCUT2D eigenvalue weighted by molar-refractivity contribution is 6.30. The summed E-state index contributed by atoms with van der Waals surface area (Å²) in [6.07, 6.45) is 0.353. The molecule has 2 N–H and O–H groups in total. The van der Waals surface area contributed by atoms with Gasteiger partial charge in [0.25, 0.3) is 0 Å². The van der Waals surface area contributed by atoms with Crippen LogP contribution in [0.4, 0.5) is 4.39 Å². The predicted octanol–water partition coefficient (Wildman–Crippen LogP) is 2.34. The van der Waals surface area contributed by atoms with Crippen molar-refractivity contribution in [2.24, 2.45) is 0 Å². The molecule has 0 heterocycles. The predicted molar refractivity (Wildman–Crippen MR) is 59.4 cm³/mol. The van der Waals surface area contributed by atoms with E-state index >= 15 is 0 Å². The van der Waals surface area contributed by atoms with E-state index in [0.717, 1.165) is 5.56 Å². The van der Waals surface area contributed by atoms with Gasteiger partial charge in [0.05, 0.1) is 6.10 Å². The summed E-state index contributed by atoms with van der Waals surface area (Å²) < 4.78 is 12.9. The highest BCUT2D eigenvalue weighted by Crippen LogP contribution is 2.13. The van der Waals surface area contributed by atoms with Crippen molar-refractivity contribution in [1.82, 2.24) is 5.32 Å². The lowest BCUT2D eigenvalue weighted by Crippen LogP contribution is -2.25. The van der Waals surface area contributed by atoms with Gasteiger partial charge in [-0.1, -0.05) is 18.5 Å². The van der Waals surface area contributed by atoms with E-state index in [0.29, 0.717) is 24.5 Å². The van der Waals surface area contributed by atoms with Crippen LogP contribution in [-0.4, -0.2) is 17.8 Å². The number of hydrogen-bond acceptors (Lipinski definition) is 2. The molecule has 0 aliphatic heterocycles. The summed E-state index contributed by atoms with van der Waals surface area (Å²) in [7, 11) is 0. The van der Waals surface area contributed by atoms with Crippen molar-refractivity contribution in [2.75, 3.05) is 6.54 Å². The monoisotopic (exact) mass is 231 g/mol. The summed E-state index contributed by atoms with van der Waals surface area (Å²) >= 11 is 5.70. The van der Waals surface area contributed by atoms with Crippen LogP contribution in [0, 0.1) is 5.82 Å². The molecule has 0 saturated heterocycles. The topological polar surface area (TPSA) is 32.3 Å². The molecule has 0 radical (unpaired) electrons. The van der Waals surface area contributed by atoms with E-state index in [-0.39, 0.29) is 11.9 Å². The zero-order valence-corrected chi connectivity index (χ0v) is 9.39. The number of rotatable bonds is 5. The van der Waals surface area contributed by atoms with E-state index in [9.17, 15) is 9.50 Å². The maximum atomic E-state index is 12.9. The van der Waals surface area contributed by atoms with Crippen molar-refractivity contribution < 1.29 is 9.50 Å². The molecule has 0 spiro atoms. The highest BCUT2D eigenvalue weighted by Gasteiger charge is 2.01. The summed E-state index contributed by atoms with van der Waals surface area (Å²) in [5.74, 6) is -0.338. The van der Waals surface area contributed by atoms with Crippen molar-refractivity contribution in [1.29, 1.82) is 0 Å². The summed E-state index contributed by atoms with van der Waals surface area (Å²) in [6, 6.07) is 4.40. The Kier molecular flexibility index (Phi) is 5.02. The molecule has 4 heteroatoms. The first-order valence-corrected chi connectivity index (χ1v) is 5.33. The van der Waals surface area contributed by atoms with Gasteiger partial charge in [-0.25, -0.2) is 4.39 Å². The van der Waals surface area contributed by atoms with Crippen molar-refractivity contribution in [3.05, 3.63) is 34.6 Å². The van der Waals surface area contributed by atoms with E-state index in [1.54, 1.807) is 6.07 Å². The molecular weight excluding hydrogens is 217 g/mol. The Labute approximate surface area is 94.1 Å². The lowest BCUT2D eigenvalue weighted by molar-refractivity contribution is 0.167. The fourth-order valence-electron chi connectivity index (χ4n) is 1.24. The van der Waals surface area contributed by atoms with Crippen LogP contribution in [0.5, 0.6) is 0 Å². The van der Waals surface area contributed by atoms with Crippen LogP contribution in [0.15, 0.2) is 18.2 Å². The molecule has 0 bridgehead atoms. The average Bonchev–Trinajstić information content (AvgIpc) is 2.16. The molecule has 0 fully saturated rings. The molecule has 0 saturated carbocycles. The summed E-state index contributed by atoms with van der Waals surface area (Å²) in [5.41, 5.74) is 0.781. The van der Waals surface area contributed by atoms with Crippen LogP contribution in [0.2, 0.25) is 5.02 Å². The minimum atomic E-state index is -0.353. The van der Waals surface area contributed by atoms with Gasteiger partial charge in [-0.15, -0.1) is 0 Å². The van der Waals surface area contributed by atoms with E-state index in [1.165, 1.54) is 12.1 Å². The lowest BCUT2D eigenvalue weighted by Gasteiger charge is -2.09. The van der Waals surface area contributed by atoms with Crippen molar-refractivity contribution >= 4 is 11.6 Å². The Morgan fingerprint density at radius 3 is 2.80 bits per heavy atom. The molecule has 1 rings (SSSR count). The van der Waals surface area contributed by atoms with Crippen LogP contribution in [0.1, 0.15) is 18.9 Å². The second kappa shape index (κ2) is 6.05. The molecule has 1 aromatic carbocycles. The lowest BCUT2D eigenvalue weighted by atomic mass is 10.2. The average molecular weight is 232 g/mol. The smallest absolute Gasteiger partial charge is 0.125 e. The molecule has 1 aromatic rings. The summed E-state index contributed by atoms with van der Waals surface area (Å²) in [6.45, 7) is 2.92. The molecule has 0 aliphatic rings. The van der Waals surface area contributed by atoms with Gasteiger partial charge < -0.3 is 10.4 Å². The SMILES string of the molecule is CCC(O)CNCc1cc(F)cc(Cl)c1. The largest absolute Gasteiger partial charge is 0.392 e. The standard InChI is InChI=1S/C11H15ClFNO/c1-2-11(15)7-14-6-8-3-9(12)5-10(13)4-8/h3-5,11,14-15H,2,6-7H2,1H3. The van der Waals surface area contributed by atoms with Crippen LogP contribution in [-0.2, 0) is 6.54 Å². The second-order valence-corrected chi connectivity index (χ2v) is 3.91. The minimum Gasteiger partial charge on any atom is -0.392 e. The Balaban J connectivity index is 2.43. The van der Waals surface area contributed by atoms with Gasteiger partial charge in [0.15, 0.2) is 0 Å². The first kappa shape index (κ1) is 12.4. The number of hydrogen-bond donors (Lipinski definition) is 2. The molecule has 84 valence electrons. The second-order valence-electron chi connectivity index (χ2n) is 3.47. The third kappa shape index (κ3) is 4.60. The first-order chi connectivity index (χ1) is 7.11. The number of halogens is 2. The molecule has 0 aliphatic carbocycles. The number of aliphatic hydroxyl groups excluding tert-OH is 1. The summed E-state index contributed by atoms with van der Waals surface area (Å²) in [4.78, 5) is 0. The van der Waals surface area contributed by atoms with Gasteiger partial charge in [-0.3, -0.25) is 0 Å². The zero-order valence-electron chi connectivity index (χ0n) is 8.63. The molecule has 0 amide bonds. The summed E-state index contributed by atoms with van der Waals surface area (Å²) in [5, 5.41) is 12.7. The van der Waals surface area contributed by atoms with Crippen LogP contribution in [0.25, 0.3) is 0 Å². The first-order valence-electron chi connectivity index (χ1n) is 4.95. The Hall–Kier alpha value is -0.640. The van der Waals surface area contributed by atoms with Crippen LogP contribution in [0.3, 0.4) is 0 Å². The molecule has 0 aromatic heterocycles. The van der Waals surface area contributed by atoms with Crippen molar-refractivity contribution in [3.8, 4) is 0 Å². The van der Waals surface area contributed by atoms with E-state index in [2.05, 4.69) is 5.32 Å². The molecule has 1 unspecified atom stereocenters.